The number of likely N-dealkylation sites (N-methyl/N-ethyl adjacent to an activating group) is 1. The monoisotopic (exact) mass is 417 g/mol. The fourth-order valence-corrected chi connectivity index (χ4v) is 3.10. The zero-order valence-electron chi connectivity index (χ0n) is 11.4. The molecule has 0 atom stereocenters. The molecule has 9 heteroatoms. The van der Waals surface area contributed by atoms with Crippen LogP contribution < -0.4 is 0 Å². The SMILES string of the molecule is CCOCCN(C)C(=O)c1cc(S(=O)(=O)Cl)cc(Br)c1Cl. The van der Waals surface area contributed by atoms with Gasteiger partial charge < -0.3 is 9.64 Å². The summed E-state index contributed by atoms with van der Waals surface area (Å²) >= 11 is 9.17. The molecule has 5 nitrogen and oxygen atoms in total. The summed E-state index contributed by atoms with van der Waals surface area (Å²) < 4.78 is 28.3. The minimum absolute atomic E-state index is 0.0595. The second-order valence-corrected chi connectivity index (χ2v) is 7.93. The lowest BCUT2D eigenvalue weighted by molar-refractivity contribution is 0.0710. The van der Waals surface area contributed by atoms with Gasteiger partial charge in [0.25, 0.3) is 15.0 Å². The average molecular weight is 419 g/mol. The maximum absolute atomic E-state index is 12.3. The molecule has 1 amide bonds. The number of hydrogen-bond acceptors (Lipinski definition) is 4. The van der Waals surface area contributed by atoms with Crippen molar-refractivity contribution in [3.63, 3.8) is 0 Å². The molecule has 0 aliphatic carbocycles. The Bertz CT molecular complexity index is 636. The fraction of sp³-hybridized carbons (Fsp3) is 0.417. The molecule has 0 N–H and O–H groups in total. The minimum atomic E-state index is -3.96. The summed E-state index contributed by atoms with van der Waals surface area (Å²) in [5.74, 6) is -0.414. The summed E-state index contributed by atoms with van der Waals surface area (Å²) in [6, 6.07) is 2.41. The highest BCUT2D eigenvalue weighted by molar-refractivity contribution is 9.10. The van der Waals surface area contributed by atoms with Crippen molar-refractivity contribution in [1.29, 1.82) is 0 Å². The molecule has 1 rings (SSSR count). The molecule has 0 unspecified atom stereocenters. The van der Waals surface area contributed by atoms with Gasteiger partial charge in [-0.2, -0.15) is 0 Å². The highest BCUT2D eigenvalue weighted by Crippen LogP contribution is 2.31. The molecule has 1 aromatic rings. The Morgan fingerprint density at radius 1 is 1.43 bits per heavy atom. The Morgan fingerprint density at radius 3 is 2.57 bits per heavy atom. The first-order chi connectivity index (χ1) is 9.68. The Labute approximate surface area is 141 Å². The molecule has 0 radical (unpaired) electrons. The van der Waals surface area contributed by atoms with E-state index in [-0.39, 0.29) is 20.0 Å². The summed E-state index contributed by atoms with van der Waals surface area (Å²) in [6.45, 7) is 3.14. The number of benzene rings is 1. The number of halogens is 3. The van der Waals surface area contributed by atoms with Crippen LogP contribution in [-0.4, -0.2) is 46.0 Å². The van der Waals surface area contributed by atoms with E-state index >= 15 is 0 Å². The van der Waals surface area contributed by atoms with E-state index in [1.54, 1.807) is 7.05 Å². The lowest BCUT2D eigenvalue weighted by Crippen LogP contribution is -2.30. The molecule has 0 aromatic heterocycles. The Morgan fingerprint density at radius 2 is 2.05 bits per heavy atom. The fourth-order valence-electron chi connectivity index (χ4n) is 1.51. The zero-order chi connectivity index (χ0) is 16.2. The molecule has 0 fully saturated rings. The number of carbonyl (C=O) groups is 1. The van der Waals surface area contributed by atoms with E-state index in [4.69, 9.17) is 27.0 Å². The van der Waals surface area contributed by atoms with Crippen molar-refractivity contribution in [1.82, 2.24) is 4.90 Å². The Balaban J connectivity index is 3.11. The smallest absolute Gasteiger partial charge is 0.261 e. The van der Waals surface area contributed by atoms with Gasteiger partial charge >= 0.3 is 0 Å². The number of nitrogens with zero attached hydrogens (tertiary/aromatic N) is 1. The molecular formula is C12H14BrCl2NO4S. The highest BCUT2D eigenvalue weighted by atomic mass is 79.9. The number of carbonyl (C=O) groups excluding carboxylic acids is 1. The normalized spacial score (nSPS) is 11.5. The van der Waals surface area contributed by atoms with Gasteiger partial charge in [0.15, 0.2) is 0 Å². The molecule has 1 aromatic carbocycles. The molecular weight excluding hydrogens is 405 g/mol. The van der Waals surface area contributed by atoms with Crippen molar-refractivity contribution >= 4 is 53.2 Å². The van der Waals surface area contributed by atoms with Gasteiger partial charge in [-0.3, -0.25) is 4.79 Å². The van der Waals surface area contributed by atoms with Gasteiger partial charge in [0.05, 0.1) is 22.1 Å². The molecule has 0 saturated heterocycles. The summed E-state index contributed by atoms with van der Waals surface area (Å²) in [4.78, 5) is 13.5. The highest BCUT2D eigenvalue weighted by Gasteiger charge is 2.21. The van der Waals surface area contributed by atoms with Gasteiger partial charge in [-0.15, -0.1) is 0 Å². The predicted octanol–water partition coefficient (Wildman–Crippen LogP) is 3.14. The largest absolute Gasteiger partial charge is 0.380 e. The lowest BCUT2D eigenvalue weighted by atomic mass is 10.2. The molecule has 0 aliphatic rings. The average Bonchev–Trinajstić information content (AvgIpc) is 2.39. The van der Waals surface area contributed by atoms with Crippen molar-refractivity contribution in [2.24, 2.45) is 0 Å². The van der Waals surface area contributed by atoms with E-state index in [2.05, 4.69) is 15.9 Å². The molecule has 21 heavy (non-hydrogen) atoms. The van der Waals surface area contributed by atoms with Crippen LogP contribution in [0.15, 0.2) is 21.5 Å². The summed E-state index contributed by atoms with van der Waals surface area (Å²) in [5, 5.41) is 0.132. The van der Waals surface area contributed by atoms with Gasteiger partial charge in [0.2, 0.25) is 0 Å². The van der Waals surface area contributed by atoms with Crippen LogP contribution in [0, 0.1) is 0 Å². The van der Waals surface area contributed by atoms with Gasteiger partial charge in [-0.25, -0.2) is 8.42 Å². The number of rotatable bonds is 6. The van der Waals surface area contributed by atoms with Crippen molar-refractivity contribution in [3.05, 3.63) is 27.2 Å². The zero-order valence-corrected chi connectivity index (χ0v) is 15.3. The van der Waals surface area contributed by atoms with Crippen LogP contribution in [0.3, 0.4) is 0 Å². The molecule has 0 heterocycles. The molecule has 0 bridgehead atoms. The standard InChI is InChI=1S/C12H14BrCl2NO4S/c1-3-20-5-4-16(2)12(17)9-6-8(21(15,18)19)7-10(13)11(9)14/h6-7H,3-5H2,1-2H3. The van der Waals surface area contributed by atoms with Crippen LogP contribution in [0.4, 0.5) is 0 Å². The Kier molecular flexibility index (Phi) is 6.93. The van der Waals surface area contributed by atoms with E-state index in [1.165, 1.54) is 11.0 Å². The third-order valence-electron chi connectivity index (χ3n) is 2.64. The topological polar surface area (TPSA) is 63.7 Å². The quantitative estimate of drug-likeness (QED) is 0.525. The maximum Gasteiger partial charge on any atom is 0.261 e. The number of amides is 1. The van der Waals surface area contributed by atoms with Crippen molar-refractivity contribution in [3.8, 4) is 0 Å². The van der Waals surface area contributed by atoms with Crippen LogP contribution in [0.1, 0.15) is 17.3 Å². The third kappa shape index (κ3) is 5.10. The number of hydrogen-bond donors (Lipinski definition) is 0. The summed E-state index contributed by atoms with van der Waals surface area (Å²) in [5.41, 5.74) is 0.0595. The molecule has 0 aliphatic heterocycles. The van der Waals surface area contributed by atoms with Crippen LogP contribution in [-0.2, 0) is 13.8 Å². The summed E-state index contributed by atoms with van der Waals surface area (Å²) in [7, 11) is 2.93. The van der Waals surface area contributed by atoms with Crippen LogP contribution >= 0.6 is 38.2 Å². The van der Waals surface area contributed by atoms with E-state index in [0.717, 1.165) is 6.07 Å². The molecule has 0 saturated carbocycles. The molecule has 0 spiro atoms. The van der Waals surface area contributed by atoms with E-state index in [1.807, 2.05) is 6.92 Å². The van der Waals surface area contributed by atoms with Gasteiger partial charge in [0.1, 0.15) is 0 Å². The summed E-state index contributed by atoms with van der Waals surface area (Å²) in [6.07, 6.45) is 0. The van der Waals surface area contributed by atoms with Crippen LogP contribution in [0.2, 0.25) is 5.02 Å². The molecule has 118 valence electrons. The Hall–Kier alpha value is -0.340. The maximum atomic E-state index is 12.3. The first kappa shape index (κ1) is 18.7. The van der Waals surface area contributed by atoms with E-state index in [0.29, 0.717) is 19.8 Å². The number of ether oxygens (including phenoxy) is 1. The second-order valence-electron chi connectivity index (χ2n) is 4.13. The van der Waals surface area contributed by atoms with Gasteiger partial charge in [-0.05, 0) is 35.0 Å². The first-order valence-corrected chi connectivity index (χ1v) is 9.43. The second kappa shape index (κ2) is 7.78. The van der Waals surface area contributed by atoms with E-state index in [9.17, 15) is 13.2 Å². The third-order valence-corrected chi connectivity index (χ3v) is 5.23. The van der Waals surface area contributed by atoms with Crippen molar-refractivity contribution < 1.29 is 17.9 Å². The van der Waals surface area contributed by atoms with Crippen molar-refractivity contribution in [2.45, 2.75) is 11.8 Å². The predicted molar refractivity (Wildman–Crippen MR) is 85.6 cm³/mol. The van der Waals surface area contributed by atoms with Gasteiger partial charge in [0, 0.05) is 35.4 Å². The minimum Gasteiger partial charge on any atom is -0.380 e. The van der Waals surface area contributed by atoms with Gasteiger partial charge in [-0.1, -0.05) is 11.6 Å². The van der Waals surface area contributed by atoms with Crippen molar-refractivity contribution in [2.75, 3.05) is 26.8 Å². The first-order valence-electron chi connectivity index (χ1n) is 5.95. The van der Waals surface area contributed by atoms with Crippen LogP contribution in [0.25, 0.3) is 0 Å². The lowest BCUT2D eigenvalue weighted by Gasteiger charge is -2.18. The van der Waals surface area contributed by atoms with E-state index < -0.39 is 15.0 Å². The van der Waals surface area contributed by atoms with Crippen LogP contribution in [0.5, 0.6) is 0 Å².